The van der Waals surface area contributed by atoms with Crippen LogP contribution in [0, 0.1) is 5.92 Å². The summed E-state index contributed by atoms with van der Waals surface area (Å²) in [5.74, 6) is 0.249. The Balaban J connectivity index is 2.15. The highest BCUT2D eigenvalue weighted by Gasteiger charge is 2.32. The van der Waals surface area contributed by atoms with E-state index in [4.69, 9.17) is 4.74 Å². The number of rotatable bonds is 6. The Kier molecular flexibility index (Phi) is 6.59. The van der Waals surface area contributed by atoms with Crippen molar-refractivity contribution >= 4 is 15.9 Å². The van der Waals surface area contributed by atoms with Crippen molar-refractivity contribution in [1.29, 1.82) is 0 Å². The lowest BCUT2D eigenvalue weighted by Gasteiger charge is -2.34. The zero-order valence-electron chi connectivity index (χ0n) is 15.4. The summed E-state index contributed by atoms with van der Waals surface area (Å²) in [7, 11) is -3.64. The van der Waals surface area contributed by atoms with Gasteiger partial charge in [-0.15, -0.1) is 0 Å². The molecular formula is C18H28N2O4S. The van der Waals surface area contributed by atoms with Crippen molar-refractivity contribution in [2.45, 2.75) is 51.2 Å². The molecule has 1 saturated heterocycles. The zero-order valence-corrected chi connectivity index (χ0v) is 16.2. The maximum Gasteiger partial charge on any atom is 0.251 e. The number of hydrogen-bond acceptors (Lipinski definition) is 4. The number of hydrogen-bond donors (Lipinski definition) is 1. The molecule has 25 heavy (non-hydrogen) atoms. The van der Waals surface area contributed by atoms with E-state index < -0.39 is 10.0 Å². The van der Waals surface area contributed by atoms with E-state index in [1.54, 1.807) is 12.1 Å². The van der Waals surface area contributed by atoms with Gasteiger partial charge in [0.15, 0.2) is 0 Å². The number of ether oxygens (including phenoxy) is 1. The molecule has 0 bridgehead atoms. The molecule has 0 saturated carbocycles. The second-order valence-corrected chi connectivity index (χ2v) is 8.98. The van der Waals surface area contributed by atoms with Crippen molar-refractivity contribution in [2.75, 3.05) is 19.6 Å². The average molecular weight is 368 g/mol. The Labute approximate surface area is 150 Å². The van der Waals surface area contributed by atoms with E-state index >= 15 is 0 Å². The van der Waals surface area contributed by atoms with Crippen LogP contribution in [-0.4, -0.2) is 50.5 Å². The number of nitrogens with one attached hydrogen (secondary N) is 1. The Morgan fingerprint density at radius 3 is 2.52 bits per heavy atom. The molecule has 0 radical (unpaired) electrons. The first-order valence-corrected chi connectivity index (χ1v) is 10.2. The van der Waals surface area contributed by atoms with Crippen LogP contribution in [0.2, 0.25) is 0 Å². The van der Waals surface area contributed by atoms with Gasteiger partial charge in [-0.1, -0.05) is 19.9 Å². The number of carbonyl (C=O) groups excluding carboxylic acids is 1. The van der Waals surface area contributed by atoms with Gasteiger partial charge in [-0.25, -0.2) is 8.42 Å². The molecule has 1 N–H and O–H groups in total. The predicted octanol–water partition coefficient (Wildman–Crippen LogP) is 2.26. The molecule has 1 aromatic carbocycles. The largest absolute Gasteiger partial charge is 0.373 e. The molecule has 0 aromatic heterocycles. The van der Waals surface area contributed by atoms with Crippen LogP contribution in [0.4, 0.5) is 0 Å². The minimum Gasteiger partial charge on any atom is -0.373 e. The molecule has 6 nitrogen and oxygen atoms in total. The van der Waals surface area contributed by atoms with E-state index in [-0.39, 0.29) is 23.0 Å². The van der Waals surface area contributed by atoms with Crippen LogP contribution in [0.3, 0.4) is 0 Å². The maximum absolute atomic E-state index is 12.9. The number of carbonyl (C=O) groups is 1. The Bertz CT molecular complexity index is 693. The van der Waals surface area contributed by atoms with Crippen LogP contribution >= 0.6 is 0 Å². The molecule has 1 amide bonds. The van der Waals surface area contributed by atoms with Crippen molar-refractivity contribution < 1.29 is 17.9 Å². The van der Waals surface area contributed by atoms with Crippen LogP contribution in [-0.2, 0) is 14.8 Å². The standard InChI is InChI=1S/C18H28N2O4S/c1-13(2)8-9-19-18(21)16-6-5-7-17(10-16)25(22,23)20-11-14(3)24-15(4)12-20/h5-7,10,13-15H,8-9,11-12H2,1-4H3,(H,19,21)/t14-,15-/m0/s1. The lowest BCUT2D eigenvalue weighted by molar-refractivity contribution is -0.0440. The van der Waals surface area contributed by atoms with Crippen molar-refractivity contribution in [1.82, 2.24) is 9.62 Å². The first-order valence-electron chi connectivity index (χ1n) is 8.74. The molecule has 1 aliphatic heterocycles. The molecule has 0 unspecified atom stereocenters. The van der Waals surface area contributed by atoms with Gasteiger partial charge in [-0.05, 0) is 44.4 Å². The second kappa shape index (κ2) is 8.29. The topological polar surface area (TPSA) is 75.7 Å². The van der Waals surface area contributed by atoms with Crippen LogP contribution in [0.25, 0.3) is 0 Å². The number of amides is 1. The third-order valence-corrected chi connectivity index (χ3v) is 5.95. The van der Waals surface area contributed by atoms with Gasteiger partial charge in [0.25, 0.3) is 5.91 Å². The van der Waals surface area contributed by atoms with Crippen LogP contribution in [0.5, 0.6) is 0 Å². The summed E-state index contributed by atoms with van der Waals surface area (Å²) >= 11 is 0. The number of sulfonamides is 1. The van der Waals surface area contributed by atoms with Gasteiger partial charge in [-0.2, -0.15) is 4.31 Å². The SMILES string of the molecule is CC(C)CCNC(=O)c1cccc(S(=O)(=O)N2C[C@H](C)O[C@@H](C)C2)c1. The number of nitrogens with zero attached hydrogens (tertiary/aromatic N) is 1. The fraction of sp³-hybridized carbons (Fsp3) is 0.611. The summed E-state index contributed by atoms with van der Waals surface area (Å²) in [6, 6.07) is 6.22. The zero-order chi connectivity index (χ0) is 18.6. The minimum absolute atomic E-state index is 0.144. The Hall–Kier alpha value is -1.44. The average Bonchev–Trinajstić information content (AvgIpc) is 2.53. The van der Waals surface area contributed by atoms with E-state index in [9.17, 15) is 13.2 Å². The lowest BCUT2D eigenvalue weighted by atomic mass is 10.1. The van der Waals surface area contributed by atoms with Gasteiger partial charge >= 0.3 is 0 Å². The quantitative estimate of drug-likeness (QED) is 0.836. The van der Waals surface area contributed by atoms with E-state index in [2.05, 4.69) is 19.2 Å². The van der Waals surface area contributed by atoms with E-state index in [0.717, 1.165) is 6.42 Å². The number of benzene rings is 1. The Morgan fingerprint density at radius 2 is 1.92 bits per heavy atom. The molecule has 1 fully saturated rings. The van der Waals surface area contributed by atoms with Crippen LogP contribution in [0.1, 0.15) is 44.5 Å². The molecule has 7 heteroatoms. The summed E-state index contributed by atoms with van der Waals surface area (Å²) in [6.45, 7) is 9.10. The minimum atomic E-state index is -3.64. The smallest absolute Gasteiger partial charge is 0.251 e. The monoisotopic (exact) mass is 368 g/mol. The molecule has 1 heterocycles. The third kappa shape index (κ3) is 5.26. The summed E-state index contributed by atoms with van der Waals surface area (Å²) in [5.41, 5.74) is 0.360. The maximum atomic E-state index is 12.9. The molecule has 0 aliphatic carbocycles. The summed E-state index contributed by atoms with van der Waals surface area (Å²) in [5, 5.41) is 2.84. The van der Waals surface area contributed by atoms with Crippen LogP contribution in [0.15, 0.2) is 29.2 Å². The molecule has 2 rings (SSSR count). The van der Waals surface area contributed by atoms with Gasteiger partial charge in [-0.3, -0.25) is 4.79 Å². The van der Waals surface area contributed by atoms with E-state index in [1.807, 2.05) is 13.8 Å². The molecule has 0 spiro atoms. The Morgan fingerprint density at radius 1 is 1.28 bits per heavy atom. The van der Waals surface area contributed by atoms with Gasteiger partial charge < -0.3 is 10.1 Å². The van der Waals surface area contributed by atoms with Gasteiger partial charge in [0.2, 0.25) is 10.0 Å². The first-order chi connectivity index (χ1) is 11.7. The molecule has 140 valence electrons. The van der Waals surface area contributed by atoms with Crippen LogP contribution < -0.4 is 5.32 Å². The van der Waals surface area contributed by atoms with E-state index in [0.29, 0.717) is 31.1 Å². The first kappa shape index (κ1) is 19.9. The summed E-state index contributed by atoms with van der Waals surface area (Å²) in [4.78, 5) is 12.4. The fourth-order valence-electron chi connectivity index (χ4n) is 2.85. The second-order valence-electron chi connectivity index (χ2n) is 7.05. The fourth-order valence-corrected chi connectivity index (χ4v) is 4.49. The van der Waals surface area contributed by atoms with Crippen molar-refractivity contribution in [2.24, 2.45) is 5.92 Å². The highest BCUT2D eigenvalue weighted by atomic mass is 32.2. The molecule has 1 aromatic rings. The van der Waals surface area contributed by atoms with Crippen molar-refractivity contribution in [3.63, 3.8) is 0 Å². The van der Waals surface area contributed by atoms with Crippen molar-refractivity contribution in [3.8, 4) is 0 Å². The normalized spacial score (nSPS) is 22.1. The summed E-state index contributed by atoms with van der Waals surface area (Å²) < 4.78 is 32.8. The molecule has 2 atom stereocenters. The molecule has 1 aliphatic rings. The summed E-state index contributed by atoms with van der Waals surface area (Å²) in [6.07, 6.45) is 0.579. The lowest BCUT2D eigenvalue weighted by Crippen LogP contribution is -2.48. The van der Waals surface area contributed by atoms with Gasteiger partial charge in [0.05, 0.1) is 17.1 Å². The van der Waals surface area contributed by atoms with E-state index in [1.165, 1.54) is 16.4 Å². The third-order valence-electron chi connectivity index (χ3n) is 4.13. The molecular weight excluding hydrogens is 340 g/mol. The van der Waals surface area contributed by atoms with Crippen molar-refractivity contribution in [3.05, 3.63) is 29.8 Å². The highest BCUT2D eigenvalue weighted by Crippen LogP contribution is 2.22. The predicted molar refractivity (Wildman–Crippen MR) is 97.0 cm³/mol. The van der Waals surface area contributed by atoms with Gasteiger partial charge in [0, 0.05) is 25.2 Å². The van der Waals surface area contributed by atoms with Gasteiger partial charge in [0.1, 0.15) is 0 Å². The number of morpholine rings is 1. The highest BCUT2D eigenvalue weighted by molar-refractivity contribution is 7.89.